The third kappa shape index (κ3) is 2.49. The van der Waals surface area contributed by atoms with Crippen molar-refractivity contribution >= 4 is 11.1 Å². The van der Waals surface area contributed by atoms with E-state index in [1.54, 1.807) is 12.1 Å². The van der Waals surface area contributed by atoms with Crippen molar-refractivity contribution in [2.45, 2.75) is 25.4 Å². The van der Waals surface area contributed by atoms with Gasteiger partial charge in [0.2, 0.25) is 0 Å². The molecule has 3 aliphatic carbocycles. The van der Waals surface area contributed by atoms with Crippen LogP contribution in [0.15, 0.2) is 91.1 Å². The molecule has 1 spiro atoms. The topological polar surface area (TPSA) is 0 Å². The van der Waals surface area contributed by atoms with Gasteiger partial charge in [-0.3, -0.25) is 0 Å². The molecule has 0 nitrogen and oxygen atoms in total. The molecular weight excluding hydrogens is 393 g/mol. The molecule has 0 saturated carbocycles. The lowest BCUT2D eigenvalue weighted by Gasteiger charge is -2.39. The molecule has 31 heavy (non-hydrogen) atoms. The minimum absolute atomic E-state index is 0.0269. The van der Waals surface area contributed by atoms with Gasteiger partial charge in [0.15, 0.2) is 0 Å². The molecule has 0 radical (unpaired) electrons. The minimum atomic E-state index is -4.40. The van der Waals surface area contributed by atoms with Gasteiger partial charge in [-0.25, -0.2) is 0 Å². The van der Waals surface area contributed by atoms with Crippen molar-refractivity contribution in [1.29, 1.82) is 0 Å². The highest BCUT2D eigenvalue weighted by Gasteiger charge is 2.59. The zero-order valence-corrected chi connectivity index (χ0v) is 17.5. The molecule has 2 aromatic rings. The van der Waals surface area contributed by atoms with Gasteiger partial charge in [-0.1, -0.05) is 80.3 Å². The lowest BCUT2D eigenvalue weighted by Crippen LogP contribution is -2.36. The average molecular weight is 416 g/mol. The Labute approximate surface area is 180 Å². The van der Waals surface area contributed by atoms with Gasteiger partial charge in [0.05, 0.1) is 11.0 Å². The van der Waals surface area contributed by atoms with Crippen LogP contribution in [0.4, 0.5) is 13.2 Å². The molecule has 0 fully saturated rings. The highest BCUT2D eigenvalue weighted by atomic mass is 19.4. The van der Waals surface area contributed by atoms with Crippen LogP contribution in [0.25, 0.3) is 11.1 Å². The van der Waals surface area contributed by atoms with Crippen LogP contribution in [0.1, 0.15) is 41.7 Å². The van der Waals surface area contributed by atoms with Gasteiger partial charge >= 0.3 is 6.18 Å². The van der Waals surface area contributed by atoms with E-state index in [0.29, 0.717) is 0 Å². The third-order valence-corrected chi connectivity index (χ3v) is 7.03. The minimum Gasteiger partial charge on any atom is -0.166 e. The number of benzene rings is 2. The van der Waals surface area contributed by atoms with Crippen molar-refractivity contribution in [2.75, 3.05) is 0 Å². The Bertz CT molecular complexity index is 1220. The van der Waals surface area contributed by atoms with Crippen LogP contribution >= 0.6 is 0 Å². The molecule has 3 heteroatoms. The Morgan fingerprint density at radius 1 is 1.03 bits per heavy atom. The molecule has 3 unspecified atom stereocenters. The van der Waals surface area contributed by atoms with Crippen LogP contribution in [0.2, 0.25) is 0 Å². The Morgan fingerprint density at radius 3 is 2.52 bits per heavy atom. The highest BCUT2D eigenvalue weighted by Crippen LogP contribution is 2.67. The Morgan fingerprint density at radius 2 is 1.81 bits per heavy atom. The van der Waals surface area contributed by atoms with Crippen LogP contribution in [-0.2, 0) is 11.6 Å². The van der Waals surface area contributed by atoms with E-state index < -0.39 is 17.2 Å². The molecule has 0 amide bonds. The van der Waals surface area contributed by atoms with Crippen LogP contribution in [0.3, 0.4) is 0 Å². The number of hydrogen-bond acceptors (Lipinski definition) is 0. The fourth-order valence-corrected chi connectivity index (χ4v) is 6.05. The first-order chi connectivity index (χ1) is 14.9. The van der Waals surface area contributed by atoms with E-state index in [0.717, 1.165) is 33.4 Å². The second kappa shape index (κ2) is 6.71. The van der Waals surface area contributed by atoms with E-state index in [4.69, 9.17) is 0 Å². The van der Waals surface area contributed by atoms with E-state index in [9.17, 15) is 13.2 Å². The van der Waals surface area contributed by atoms with Gasteiger partial charge < -0.3 is 0 Å². The van der Waals surface area contributed by atoms with Gasteiger partial charge in [0.1, 0.15) is 0 Å². The predicted molar refractivity (Wildman–Crippen MR) is 120 cm³/mol. The average Bonchev–Trinajstić information content (AvgIpc) is 3.20. The maximum absolute atomic E-state index is 13.8. The SMILES string of the molecule is C=CC=C1/C(=C\C)C2(c3cc(C(F)(F)F)ccc31)c1ccccc1C1=CC=CC(C)C12. The number of hydrogen-bond donors (Lipinski definition) is 0. The summed E-state index contributed by atoms with van der Waals surface area (Å²) in [5.41, 5.74) is 5.78. The maximum Gasteiger partial charge on any atom is 0.416 e. The summed E-state index contributed by atoms with van der Waals surface area (Å²) < 4.78 is 41.4. The second-order valence-electron chi connectivity index (χ2n) is 8.47. The molecule has 0 heterocycles. The van der Waals surface area contributed by atoms with Crippen molar-refractivity contribution in [2.24, 2.45) is 11.8 Å². The first-order valence-electron chi connectivity index (χ1n) is 10.6. The number of allylic oxidation sites excluding steroid dienone is 9. The molecule has 2 aromatic carbocycles. The predicted octanol–water partition coefficient (Wildman–Crippen LogP) is 7.74. The summed E-state index contributed by atoms with van der Waals surface area (Å²) >= 11 is 0. The summed E-state index contributed by atoms with van der Waals surface area (Å²) in [5, 5.41) is 0. The molecule has 0 saturated heterocycles. The van der Waals surface area contributed by atoms with Crippen molar-refractivity contribution in [3.05, 3.63) is 119 Å². The number of alkyl halides is 3. The lowest BCUT2D eigenvalue weighted by atomic mass is 9.62. The van der Waals surface area contributed by atoms with Gasteiger partial charge in [-0.15, -0.1) is 0 Å². The smallest absolute Gasteiger partial charge is 0.166 e. The van der Waals surface area contributed by atoms with E-state index in [1.807, 2.05) is 25.1 Å². The summed E-state index contributed by atoms with van der Waals surface area (Å²) in [4.78, 5) is 0. The van der Waals surface area contributed by atoms with Crippen LogP contribution < -0.4 is 0 Å². The molecule has 0 N–H and O–H groups in total. The number of fused-ring (bicyclic) bond motifs is 7. The van der Waals surface area contributed by atoms with E-state index >= 15 is 0 Å². The van der Waals surface area contributed by atoms with Crippen LogP contribution in [-0.4, -0.2) is 0 Å². The summed E-state index contributed by atoms with van der Waals surface area (Å²) in [7, 11) is 0. The Hall–Kier alpha value is -3.07. The molecule has 3 atom stereocenters. The zero-order chi connectivity index (χ0) is 22.0. The van der Waals surface area contributed by atoms with Gasteiger partial charge in [0.25, 0.3) is 0 Å². The molecule has 0 aromatic heterocycles. The van der Waals surface area contributed by atoms with Gasteiger partial charge in [-0.05, 0) is 63.9 Å². The fraction of sp³-hybridized carbons (Fsp3) is 0.214. The molecular formula is C28H23F3. The van der Waals surface area contributed by atoms with Crippen molar-refractivity contribution in [1.82, 2.24) is 0 Å². The normalized spacial score (nSPS) is 28.6. The molecule has 5 rings (SSSR count). The summed E-state index contributed by atoms with van der Waals surface area (Å²) in [6, 6.07) is 12.4. The summed E-state index contributed by atoms with van der Waals surface area (Å²) in [6.45, 7) is 8.02. The standard InChI is InChI=1S/C28H23F3/c1-4-9-19-21-15-14-18(28(29,30)31)16-25(21)27(23(19)5-2)24-13-7-6-11-20(24)22-12-8-10-17(3)26(22)27/h4-17,26H,1H2,2-3H3/b19-9?,23-5+. The summed E-state index contributed by atoms with van der Waals surface area (Å²) in [6.07, 6.45) is 7.71. The summed E-state index contributed by atoms with van der Waals surface area (Å²) in [5.74, 6) is 0.201. The number of rotatable bonds is 1. The monoisotopic (exact) mass is 416 g/mol. The van der Waals surface area contributed by atoms with Crippen molar-refractivity contribution in [3.63, 3.8) is 0 Å². The van der Waals surface area contributed by atoms with Crippen molar-refractivity contribution in [3.8, 4) is 0 Å². The highest BCUT2D eigenvalue weighted by molar-refractivity contribution is 5.98. The second-order valence-corrected chi connectivity index (χ2v) is 8.47. The fourth-order valence-electron chi connectivity index (χ4n) is 6.05. The van der Waals surface area contributed by atoms with Crippen LogP contribution in [0.5, 0.6) is 0 Å². The van der Waals surface area contributed by atoms with Crippen molar-refractivity contribution < 1.29 is 13.2 Å². The molecule has 3 aliphatic rings. The quantitative estimate of drug-likeness (QED) is 0.446. The Kier molecular flexibility index (Phi) is 4.30. The van der Waals surface area contributed by atoms with E-state index in [-0.39, 0.29) is 11.8 Å². The van der Waals surface area contributed by atoms with Crippen LogP contribution in [0, 0.1) is 11.8 Å². The Balaban J connectivity index is 1.95. The molecule has 0 bridgehead atoms. The number of halogens is 3. The van der Waals surface area contributed by atoms with Gasteiger partial charge in [-0.2, -0.15) is 13.2 Å². The molecule has 156 valence electrons. The van der Waals surface area contributed by atoms with E-state index in [2.05, 4.69) is 49.9 Å². The largest absolute Gasteiger partial charge is 0.416 e. The lowest BCUT2D eigenvalue weighted by molar-refractivity contribution is -0.137. The van der Waals surface area contributed by atoms with Gasteiger partial charge in [0, 0.05) is 5.92 Å². The maximum atomic E-state index is 13.8. The first-order valence-corrected chi connectivity index (χ1v) is 10.6. The first kappa shape index (κ1) is 19.9. The zero-order valence-electron chi connectivity index (χ0n) is 17.5. The third-order valence-electron chi connectivity index (χ3n) is 7.03. The molecule has 0 aliphatic heterocycles. The van der Waals surface area contributed by atoms with E-state index in [1.165, 1.54) is 17.7 Å².